The van der Waals surface area contributed by atoms with Gasteiger partial charge in [-0.1, -0.05) is 24.6 Å². The van der Waals surface area contributed by atoms with E-state index in [4.69, 9.17) is 22.1 Å². The molecule has 0 unspecified atom stereocenters. The summed E-state index contributed by atoms with van der Waals surface area (Å²) in [7, 11) is 0. The first-order valence-corrected chi connectivity index (χ1v) is 10.6. The zero-order valence-electron chi connectivity index (χ0n) is 16.5. The number of nitrogens with two attached hydrogens (primary N) is 1. The summed E-state index contributed by atoms with van der Waals surface area (Å²) in [5, 5.41) is 1.84. The van der Waals surface area contributed by atoms with Crippen LogP contribution in [0.1, 0.15) is 44.7 Å². The van der Waals surface area contributed by atoms with Crippen molar-refractivity contribution in [3.63, 3.8) is 0 Å². The number of aromatic amines is 1. The molecular weight excluding hydrogens is 386 g/mol. The second kappa shape index (κ2) is 8.17. The Hall–Kier alpha value is -2.37. The van der Waals surface area contributed by atoms with Gasteiger partial charge in [0, 0.05) is 34.9 Å². The molecule has 29 heavy (non-hydrogen) atoms. The predicted molar refractivity (Wildman–Crippen MR) is 117 cm³/mol. The Bertz CT molecular complexity index is 1040. The van der Waals surface area contributed by atoms with Gasteiger partial charge in [0.05, 0.1) is 11.1 Å². The number of aromatic nitrogens is 2. The van der Waals surface area contributed by atoms with Crippen LogP contribution in [0.4, 0.5) is 0 Å². The van der Waals surface area contributed by atoms with Crippen LogP contribution in [0.25, 0.3) is 10.8 Å². The molecule has 0 spiro atoms. The van der Waals surface area contributed by atoms with Crippen molar-refractivity contribution >= 4 is 22.4 Å². The number of ether oxygens (including phenoxy) is 1. The van der Waals surface area contributed by atoms with Gasteiger partial charge in [0.1, 0.15) is 5.75 Å². The van der Waals surface area contributed by atoms with Crippen molar-refractivity contribution in [2.24, 2.45) is 5.73 Å². The Morgan fingerprint density at radius 1 is 1.31 bits per heavy atom. The Morgan fingerprint density at radius 2 is 2.10 bits per heavy atom. The standard InChI is InChI=1S/C23H26ClN3O2/c1-2-20(25)23(21-5-3-4-11-26-21)9-6-16(7-10-23)29-19-13-15-8-12-27-22(28)17(15)14-18(19)24/h3-5,8,11-14,16,20H,2,6-7,9-10,25H2,1H3,(H,27,28)/t16?,20-,23?/m1/s1. The number of halogens is 1. The normalized spacial score (nSPS) is 23.1. The highest BCUT2D eigenvalue weighted by Gasteiger charge is 2.42. The first kappa shape index (κ1) is 19.9. The molecule has 1 atom stereocenters. The molecule has 5 nitrogen and oxygen atoms in total. The molecule has 2 aromatic heterocycles. The average molecular weight is 412 g/mol. The number of nitrogens with zero attached hydrogens (tertiary/aromatic N) is 1. The molecule has 4 rings (SSSR count). The van der Waals surface area contributed by atoms with Gasteiger partial charge in [-0.3, -0.25) is 9.78 Å². The first-order valence-electron chi connectivity index (χ1n) is 10.2. The second-order valence-corrected chi connectivity index (χ2v) is 8.29. The third kappa shape index (κ3) is 3.77. The predicted octanol–water partition coefficient (Wildman–Crippen LogP) is 4.57. The molecule has 0 amide bonds. The molecule has 0 bridgehead atoms. The lowest BCUT2D eigenvalue weighted by Crippen LogP contribution is -2.49. The lowest BCUT2D eigenvalue weighted by molar-refractivity contribution is 0.102. The van der Waals surface area contributed by atoms with E-state index in [0.29, 0.717) is 16.2 Å². The van der Waals surface area contributed by atoms with Crippen molar-refractivity contribution < 1.29 is 4.74 Å². The molecular formula is C23H26ClN3O2. The number of hydrogen-bond acceptors (Lipinski definition) is 4. The topological polar surface area (TPSA) is 81.0 Å². The summed E-state index contributed by atoms with van der Waals surface area (Å²) in [6, 6.07) is 11.5. The van der Waals surface area contributed by atoms with E-state index in [1.54, 1.807) is 12.3 Å². The number of hydrogen-bond donors (Lipinski definition) is 2. The molecule has 1 fully saturated rings. The van der Waals surface area contributed by atoms with Gasteiger partial charge in [-0.25, -0.2) is 0 Å². The van der Waals surface area contributed by atoms with E-state index in [2.05, 4.69) is 23.0 Å². The number of rotatable bonds is 5. The smallest absolute Gasteiger partial charge is 0.255 e. The van der Waals surface area contributed by atoms with Gasteiger partial charge < -0.3 is 15.5 Å². The summed E-state index contributed by atoms with van der Waals surface area (Å²) in [6.07, 6.45) is 8.07. The van der Waals surface area contributed by atoms with Crippen molar-refractivity contribution in [2.75, 3.05) is 0 Å². The number of fused-ring (bicyclic) bond motifs is 1. The maximum atomic E-state index is 12.0. The van der Waals surface area contributed by atoms with Crippen LogP contribution in [0, 0.1) is 0 Å². The van der Waals surface area contributed by atoms with E-state index in [-0.39, 0.29) is 23.1 Å². The van der Waals surface area contributed by atoms with Gasteiger partial charge in [-0.15, -0.1) is 0 Å². The van der Waals surface area contributed by atoms with Gasteiger partial charge in [0.25, 0.3) is 5.56 Å². The lowest BCUT2D eigenvalue weighted by Gasteiger charge is -2.43. The average Bonchev–Trinajstić information content (AvgIpc) is 2.76. The highest BCUT2D eigenvalue weighted by atomic mass is 35.5. The minimum Gasteiger partial charge on any atom is -0.489 e. The highest BCUT2D eigenvalue weighted by molar-refractivity contribution is 6.32. The van der Waals surface area contributed by atoms with Crippen LogP contribution in [-0.4, -0.2) is 22.1 Å². The zero-order valence-corrected chi connectivity index (χ0v) is 17.3. The summed E-state index contributed by atoms with van der Waals surface area (Å²) in [5.41, 5.74) is 7.39. The molecule has 3 N–H and O–H groups in total. The van der Waals surface area contributed by atoms with Crippen molar-refractivity contribution in [3.8, 4) is 5.75 Å². The largest absolute Gasteiger partial charge is 0.489 e. The van der Waals surface area contributed by atoms with Gasteiger partial charge in [0.2, 0.25) is 0 Å². The number of pyridine rings is 2. The Balaban J connectivity index is 1.54. The summed E-state index contributed by atoms with van der Waals surface area (Å²) >= 11 is 6.41. The number of H-pyrrole nitrogens is 1. The van der Waals surface area contributed by atoms with Crippen LogP contribution in [0.3, 0.4) is 0 Å². The molecule has 0 radical (unpaired) electrons. The van der Waals surface area contributed by atoms with Crippen molar-refractivity contribution in [1.29, 1.82) is 0 Å². The van der Waals surface area contributed by atoms with E-state index in [1.807, 2.05) is 30.5 Å². The molecule has 1 saturated carbocycles. The van der Waals surface area contributed by atoms with Crippen LogP contribution in [-0.2, 0) is 5.41 Å². The van der Waals surface area contributed by atoms with Gasteiger partial charge >= 0.3 is 0 Å². The fourth-order valence-corrected chi connectivity index (χ4v) is 4.76. The van der Waals surface area contributed by atoms with E-state index < -0.39 is 0 Å². The van der Waals surface area contributed by atoms with Crippen molar-refractivity contribution in [1.82, 2.24) is 9.97 Å². The number of nitrogens with one attached hydrogen (secondary N) is 1. The monoisotopic (exact) mass is 411 g/mol. The van der Waals surface area contributed by atoms with Gasteiger partial charge in [-0.05, 0) is 67.8 Å². The van der Waals surface area contributed by atoms with Crippen molar-refractivity contribution in [2.45, 2.75) is 56.6 Å². The fourth-order valence-electron chi connectivity index (χ4n) is 4.55. The minimum atomic E-state index is -0.151. The van der Waals surface area contributed by atoms with E-state index in [0.717, 1.165) is 43.2 Å². The molecule has 1 aromatic carbocycles. The summed E-state index contributed by atoms with van der Waals surface area (Å²) in [5.74, 6) is 0.625. The molecule has 3 aromatic rings. The lowest BCUT2D eigenvalue weighted by atomic mass is 9.65. The molecule has 152 valence electrons. The zero-order chi connectivity index (χ0) is 20.4. The van der Waals surface area contributed by atoms with E-state index in [9.17, 15) is 4.79 Å². The summed E-state index contributed by atoms with van der Waals surface area (Å²) in [4.78, 5) is 19.3. The fraction of sp³-hybridized carbons (Fsp3) is 0.391. The van der Waals surface area contributed by atoms with E-state index >= 15 is 0 Å². The molecule has 1 aliphatic carbocycles. The maximum Gasteiger partial charge on any atom is 0.255 e. The second-order valence-electron chi connectivity index (χ2n) is 7.88. The third-order valence-corrected chi connectivity index (χ3v) is 6.56. The van der Waals surface area contributed by atoms with Crippen LogP contribution in [0.5, 0.6) is 5.75 Å². The van der Waals surface area contributed by atoms with Crippen LogP contribution in [0.2, 0.25) is 5.02 Å². The molecule has 0 aliphatic heterocycles. The first-order chi connectivity index (χ1) is 14.0. The summed E-state index contributed by atoms with van der Waals surface area (Å²) < 4.78 is 6.27. The maximum absolute atomic E-state index is 12.0. The Labute approximate surface area is 175 Å². The molecule has 6 heteroatoms. The van der Waals surface area contributed by atoms with Gasteiger partial charge in [0.15, 0.2) is 0 Å². The number of benzene rings is 1. The quantitative estimate of drug-likeness (QED) is 0.644. The molecule has 0 saturated heterocycles. The SMILES string of the molecule is CC[C@@H](N)C1(c2ccccn2)CCC(Oc2cc3cc[nH]c(=O)c3cc2Cl)CC1. The van der Waals surface area contributed by atoms with Crippen LogP contribution < -0.4 is 16.0 Å². The Morgan fingerprint density at radius 3 is 2.79 bits per heavy atom. The minimum absolute atomic E-state index is 0.0628. The van der Waals surface area contributed by atoms with Crippen molar-refractivity contribution in [3.05, 3.63) is 69.9 Å². The van der Waals surface area contributed by atoms with Gasteiger partial charge in [-0.2, -0.15) is 0 Å². The molecule has 1 aliphatic rings. The third-order valence-electron chi connectivity index (χ3n) is 6.27. The molecule has 2 heterocycles. The summed E-state index contributed by atoms with van der Waals surface area (Å²) in [6.45, 7) is 2.13. The highest BCUT2D eigenvalue weighted by Crippen LogP contribution is 2.43. The Kier molecular flexibility index (Phi) is 5.61. The van der Waals surface area contributed by atoms with Crippen LogP contribution in [0.15, 0.2) is 53.6 Å². The van der Waals surface area contributed by atoms with E-state index in [1.165, 1.54) is 0 Å². The van der Waals surface area contributed by atoms with Crippen LogP contribution >= 0.6 is 11.6 Å².